The molecule has 0 aliphatic carbocycles. The zero-order valence-corrected chi connectivity index (χ0v) is 12.5. The van der Waals surface area contributed by atoms with Crippen LogP contribution in [0.15, 0.2) is 22.7 Å². The number of ether oxygens (including phenoxy) is 2. The molecule has 0 aromatic heterocycles. The molecule has 1 atom stereocenters. The van der Waals surface area contributed by atoms with Crippen molar-refractivity contribution in [1.29, 1.82) is 0 Å². The van der Waals surface area contributed by atoms with Crippen LogP contribution in [0.4, 0.5) is 13.2 Å². The first-order chi connectivity index (χ1) is 9.37. The molecule has 1 saturated heterocycles. The van der Waals surface area contributed by atoms with Crippen LogP contribution in [0.5, 0.6) is 5.75 Å². The summed E-state index contributed by atoms with van der Waals surface area (Å²) in [6, 6.07) is 4.63. The Bertz CT molecular complexity index is 467. The van der Waals surface area contributed by atoms with Crippen molar-refractivity contribution in [2.24, 2.45) is 0 Å². The molecule has 0 bridgehead atoms. The summed E-state index contributed by atoms with van der Waals surface area (Å²) in [6.45, 7) is 2.45. The molecule has 1 aromatic carbocycles. The van der Waals surface area contributed by atoms with E-state index < -0.39 is 6.36 Å². The molecule has 1 heterocycles. The van der Waals surface area contributed by atoms with Crippen LogP contribution in [0.25, 0.3) is 0 Å². The molecule has 3 nitrogen and oxygen atoms in total. The lowest BCUT2D eigenvalue weighted by Gasteiger charge is -2.17. The molecule has 1 unspecified atom stereocenters. The van der Waals surface area contributed by atoms with Crippen LogP contribution in [0.1, 0.15) is 12.0 Å². The SMILES string of the molecule is COC1CCN(Cc2ccc(OC(F)(F)F)c(Br)c2)C1. The number of halogens is 4. The first kappa shape index (κ1) is 15.6. The van der Waals surface area contributed by atoms with Gasteiger partial charge in [-0.2, -0.15) is 0 Å². The third-order valence-electron chi connectivity index (χ3n) is 3.19. The Kier molecular flexibility index (Phi) is 4.93. The number of likely N-dealkylation sites (tertiary alicyclic amines) is 1. The molecule has 1 fully saturated rings. The summed E-state index contributed by atoms with van der Waals surface area (Å²) in [7, 11) is 1.69. The first-order valence-electron chi connectivity index (χ1n) is 6.16. The van der Waals surface area contributed by atoms with Crippen LogP contribution in [0, 0.1) is 0 Å². The fraction of sp³-hybridized carbons (Fsp3) is 0.538. The highest BCUT2D eigenvalue weighted by Crippen LogP contribution is 2.31. The van der Waals surface area contributed by atoms with Crippen molar-refractivity contribution >= 4 is 15.9 Å². The van der Waals surface area contributed by atoms with E-state index in [2.05, 4.69) is 25.6 Å². The predicted octanol–water partition coefficient (Wildman–Crippen LogP) is 3.57. The predicted molar refractivity (Wildman–Crippen MR) is 71.5 cm³/mol. The molecule has 1 aliphatic rings. The summed E-state index contributed by atoms with van der Waals surface area (Å²) in [5.41, 5.74) is 0.933. The smallest absolute Gasteiger partial charge is 0.405 e. The Hall–Kier alpha value is -0.790. The minimum Gasteiger partial charge on any atom is -0.405 e. The van der Waals surface area contributed by atoms with E-state index in [4.69, 9.17) is 4.74 Å². The molecule has 1 aliphatic heterocycles. The minimum atomic E-state index is -4.68. The summed E-state index contributed by atoms with van der Waals surface area (Å²) >= 11 is 3.11. The summed E-state index contributed by atoms with van der Waals surface area (Å²) in [5, 5.41) is 0. The molecular weight excluding hydrogens is 339 g/mol. The van der Waals surface area contributed by atoms with Crippen molar-refractivity contribution in [3.8, 4) is 5.75 Å². The van der Waals surface area contributed by atoms with E-state index in [9.17, 15) is 13.2 Å². The van der Waals surface area contributed by atoms with Gasteiger partial charge >= 0.3 is 6.36 Å². The lowest BCUT2D eigenvalue weighted by molar-refractivity contribution is -0.274. The van der Waals surface area contributed by atoms with Crippen molar-refractivity contribution in [1.82, 2.24) is 4.90 Å². The first-order valence-corrected chi connectivity index (χ1v) is 6.96. The van der Waals surface area contributed by atoms with E-state index in [1.54, 1.807) is 19.2 Å². The molecule has 20 heavy (non-hydrogen) atoms. The van der Waals surface area contributed by atoms with Crippen LogP contribution in [-0.4, -0.2) is 37.6 Å². The third kappa shape index (κ3) is 4.36. The Morgan fingerprint density at radius 3 is 2.70 bits per heavy atom. The van der Waals surface area contributed by atoms with Gasteiger partial charge in [0.15, 0.2) is 0 Å². The maximum Gasteiger partial charge on any atom is 0.573 e. The standard InChI is InChI=1S/C13H15BrF3NO2/c1-19-10-4-5-18(8-10)7-9-2-3-12(11(14)6-9)20-13(15,16)17/h2-3,6,10H,4-5,7-8H2,1H3. The Labute approximate surface area is 123 Å². The summed E-state index contributed by atoms with van der Waals surface area (Å²) in [5.74, 6) is -0.225. The maximum atomic E-state index is 12.2. The average molecular weight is 354 g/mol. The number of alkyl halides is 3. The molecule has 7 heteroatoms. The molecule has 1 aromatic rings. The van der Waals surface area contributed by atoms with E-state index in [1.165, 1.54) is 6.07 Å². The quantitative estimate of drug-likeness (QED) is 0.825. The van der Waals surface area contributed by atoms with Gasteiger partial charge in [0.25, 0.3) is 0 Å². The number of benzene rings is 1. The van der Waals surface area contributed by atoms with Gasteiger partial charge in [0.2, 0.25) is 0 Å². The van der Waals surface area contributed by atoms with Gasteiger partial charge in [-0.3, -0.25) is 4.90 Å². The van der Waals surface area contributed by atoms with Crippen LogP contribution >= 0.6 is 15.9 Å². The number of nitrogens with zero attached hydrogens (tertiary/aromatic N) is 1. The molecular formula is C13H15BrF3NO2. The van der Waals surface area contributed by atoms with Crippen LogP contribution < -0.4 is 4.74 Å². The second kappa shape index (κ2) is 6.32. The number of hydrogen-bond acceptors (Lipinski definition) is 3. The second-order valence-electron chi connectivity index (χ2n) is 4.69. The van der Waals surface area contributed by atoms with Gasteiger partial charge in [-0.15, -0.1) is 13.2 Å². The number of methoxy groups -OCH3 is 1. The van der Waals surface area contributed by atoms with Crippen molar-refractivity contribution < 1.29 is 22.6 Å². The fourth-order valence-corrected chi connectivity index (χ4v) is 2.75. The zero-order valence-electron chi connectivity index (χ0n) is 10.9. The fourth-order valence-electron chi connectivity index (χ4n) is 2.24. The summed E-state index contributed by atoms with van der Waals surface area (Å²) in [4.78, 5) is 2.21. The minimum absolute atomic E-state index is 0.225. The normalized spacial score (nSPS) is 20.4. The van der Waals surface area contributed by atoms with Crippen LogP contribution in [-0.2, 0) is 11.3 Å². The van der Waals surface area contributed by atoms with Crippen molar-refractivity contribution in [2.75, 3.05) is 20.2 Å². The zero-order chi connectivity index (χ0) is 14.8. The molecule has 0 radical (unpaired) electrons. The Morgan fingerprint density at radius 1 is 1.40 bits per heavy atom. The summed E-state index contributed by atoms with van der Waals surface area (Å²) in [6.07, 6.45) is -3.45. The van der Waals surface area contributed by atoms with Crippen molar-refractivity contribution in [3.63, 3.8) is 0 Å². The number of rotatable bonds is 4. The summed E-state index contributed by atoms with van der Waals surface area (Å²) < 4.78 is 46.0. The Balaban J connectivity index is 1.99. The van der Waals surface area contributed by atoms with Gasteiger partial charge in [0.1, 0.15) is 5.75 Å². The van der Waals surface area contributed by atoms with Crippen LogP contribution in [0.3, 0.4) is 0 Å². The van der Waals surface area contributed by atoms with E-state index in [0.717, 1.165) is 25.1 Å². The van der Waals surface area contributed by atoms with Gasteiger partial charge in [-0.05, 0) is 40.0 Å². The maximum absolute atomic E-state index is 12.2. The molecule has 0 amide bonds. The highest BCUT2D eigenvalue weighted by Gasteiger charge is 2.32. The largest absolute Gasteiger partial charge is 0.573 e. The third-order valence-corrected chi connectivity index (χ3v) is 3.81. The van der Waals surface area contributed by atoms with Gasteiger partial charge in [-0.25, -0.2) is 0 Å². The Morgan fingerprint density at radius 2 is 2.15 bits per heavy atom. The molecule has 0 saturated carbocycles. The highest BCUT2D eigenvalue weighted by molar-refractivity contribution is 9.10. The molecule has 2 rings (SSSR count). The topological polar surface area (TPSA) is 21.7 Å². The number of hydrogen-bond donors (Lipinski definition) is 0. The highest BCUT2D eigenvalue weighted by atomic mass is 79.9. The van der Waals surface area contributed by atoms with E-state index in [-0.39, 0.29) is 11.9 Å². The van der Waals surface area contributed by atoms with Gasteiger partial charge in [-0.1, -0.05) is 6.07 Å². The lowest BCUT2D eigenvalue weighted by atomic mass is 10.2. The van der Waals surface area contributed by atoms with Gasteiger partial charge in [0, 0.05) is 26.7 Å². The van der Waals surface area contributed by atoms with Gasteiger partial charge < -0.3 is 9.47 Å². The lowest BCUT2D eigenvalue weighted by Crippen LogP contribution is -2.22. The van der Waals surface area contributed by atoms with E-state index in [0.29, 0.717) is 11.0 Å². The van der Waals surface area contributed by atoms with Crippen LogP contribution in [0.2, 0.25) is 0 Å². The van der Waals surface area contributed by atoms with Crippen molar-refractivity contribution in [2.45, 2.75) is 25.4 Å². The average Bonchev–Trinajstić information content (AvgIpc) is 2.79. The second-order valence-corrected chi connectivity index (χ2v) is 5.55. The van der Waals surface area contributed by atoms with Crippen molar-refractivity contribution in [3.05, 3.63) is 28.2 Å². The molecule has 0 N–H and O–H groups in total. The monoisotopic (exact) mass is 353 g/mol. The van der Waals surface area contributed by atoms with E-state index >= 15 is 0 Å². The molecule has 0 spiro atoms. The van der Waals surface area contributed by atoms with E-state index in [1.807, 2.05) is 0 Å². The van der Waals surface area contributed by atoms with Gasteiger partial charge in [0.05, 0.1) is 10.6 Å². The molecule has 112 valence electrons.